The molecule has 1 aliphatic carbocycles. The minimum Gasteiger partial charge on any atom is -0.481 e. The highest BCUT2D eigenvalue weighted by atomic mass is 35.5. The lowest BCUT2D eigenvalue weighted by Crippen LogP contribution is -2.11. The van der Waals surface area contributed by atoms with Crippen LogP contribution in [0.5, 0.6) is 0 Å². The van der Waals surface area contributed by atoms with Gasteiger partial charge in [-0.1, -0.05) is 11.6 Å². The minimum atomic E-state index is -0.739. The first-order valence-corrected chi connectivity index (χ1v) is 6.45. The zero-order chi connectivity index (χ0) is 13.1. The average Bonchev–Trinajstić information content (AvgIpc) is 2.78. The molecule has 1 aromatic carbocycles. The highest BCUT2D eigenvalue weighted by Crippen LogP contribution is 2.34. The molecule has 0 radical (unpaired) electrons. The van der Waals surface area contributed by atoms with Gasteiger partial charge in [0, 0.05) is 17.0 Å². The van der Waals surface area contributed by atoms with Crippen molar-refractivity contribution in [2.24, 2.45) is 11.8 Å². The molecule has 1 N–H and O–H groups in total. The van der Waals surface area contributed by atoms with Crippen LogP contribution in [0.1, 0.15) is 36.0 Å². The number of benzene rings is 1. The van der Waals surface area contributed by atoms with Gasteiger partial charge < -0.3 is 5.11 Å². The first-order chi connectivity index (χ1) is 8.56. The fourth-order valence-electron chi connectivity index (χ4n) is 2.50. The second kappa shape index (κ2) is 5.53. The lowest BCUT2D eigenvalue weighted by Gasteiger charge is -2.08. The van der Waals surface area contributed by atoms with E-state index in [0.29, 0.717) is 29.8 Å². The van der Waals surface area contributed by atoms with E-state index in [1.54, 1.807) is 24.3 Å². The smallest absolute Gasteiger partial charge is 0.306 e. The van der Waals surface area contributed by atoms with Crippen LogP contribution in [0.4, 0.5) is 0 Å². The maximum Gasteiger partial charge on any atom is 0.306 e. The quantitative estimate of drug-likeness (QED) is 0.850. The Morgan fingerprint density at radius 3 is 2.44 bits per heavy atom. The number of carbonyl (C=O) groups is 2. The third-order valence-corrected chi connectivity index (χ3v) is 3.78. The van der Waals surface area contributed by atoms with Gasteiger partial charge in [-0.2, -0.15) is 0 Å². The summed E-state index contributed by atoms with van der Waals surface area (Å²) < 4.78 is 0. The number of carboxylic acids is 1. The molecule has 0 heterocycles. The summed E-state index contributed by atoms with van der Waals surface area (Å²) in [5.41, 5.74) is 0.651. The van der Waals surface area contributed by atoms with Crippen LogP contribution >= 0.6 is 11.6 Å². The topological polar surface area (TPSA) is 54.4 Å². The number of ketones is 1. The van der Waals surface area contributed by atoms with Gasteiger partial charge in [-0.3, -0.25) is 9.59 Å². The van der Waals surface area contributed by atoms with Gasteiger partial charge >= 0.3 is 5.97 Å². The maximum absolute atomic E-state index is 12.0. The van der Waals surface area contributed by atoms with Gasteiger partial charge in [-0.05, 0) is 49.4 Å². The van der Waals surface area contributed by atoms with Crippen molar-refractivity contribution >= 4 is 23.4 Å². The molecule has 1 saturated carbocycles. The minimum absolute atomic E-state index is 0.0719. The maximum atomic E-state index is 12.0. The van der Waals surface area contributed by atoms with Crippen molar-refractivity contribution in [1.82, 2.24) is 0 Å². The van der Waals surface area contributed by atoms with E-state index in [4.69, 9.17) is 16.7 Å². The largest absolute Gasteiger partial charge is 0.481 e. The van der Waals surface area contributed by atoms with E-state index in [2.05, 4.69) is 0 Å². The summed E-state index contributed by atoms with van der Waals surface area (Å²) >= 11 is 5.76. The van der Waals surface area contributed by atoms with Gasteiger partial charge in [0.15, 0.2) is 5.78 Å². The van der Waals surface area contributed by atoms with Gasteiger partial charge in [-0.25, -0.2) is 0 Å². The second-order valence-electron chi connectivity index (χ2n) is 4.85. The van der Waals surface area contributed by atoms with Crippen LogP contribution in [0.3, 0.4) is 0 Å². The average molecular weight is 267 g/mol. The predicted molar refractivity (Wildman–Crippen MR) is 68.9 cm³/mol. The number of Topliss-reactive ketones (excluding diaryl/α,β-unsaturated/α-hetero) is 1. The molecule has 1 aromatic rings. The molecule has 0 aromatic heterocycles. The Hall–Kier alpha value is -1.35. The van der Waals surface area contributed by atoms with Crippen molar-refractivity contribution in [2.45, 2.75) is 25.7 Å². The van der Waals surface area contributed by atoms with E-state index in [1.165, 1.54) is 0 Å². The SMILES string of the molecule is O=C(CC1CCC(C(=O)O)C1)c1ccc(Cl)cc1. The standard InChI is InChI=1S/C14H15ClO3/c15-12-5-3-10(4-6-12)13(16)8-9-1-2-11(7-9)14(17)18/h3-6,9,11H,1-2,7-8H2,(H,17,18). The molecular formula is C14H15ClO3. The molecule has 2 rings (SSSR count). The molecule has 1 fully saturated rings. The fraction of sp³-hybridized carbons (Fsp3) is 0.429. The summed E-state index contributed by atoms with van der Waals surface area (Å²) in [6, 6.07) is 6.83. The van der Waals surface area contributed by atoms with E-state index >= 15 is 0 Å². The summed E-state index contributed by atoms with van der Waals surface area (Å²) in [5.74, 6) is -0.735. The molecule has 0 aliphatic heterocycles. The normalized spacial score (nSPS) is 22.9. The molecule has 2 unspecified atom stereocenters. The van der Waals surface area contributed by atoms with Gasteiger partial charge in [0.05, 0.1) is 5.92 Å². The van der Waals surface area contributed by atoms with E-state index in [-0.39, 0.29) is 17.6 Å². The molecule has 0 bridgehead atoms. The number of rotatable bonds is 4. The summed E-state index contributed by atoms with van der Waals surface area (Å²) in [6.45, 7) is 0. The lowest BCUT2D eigenvalue weighted by molar-refractivity contribution is -0.141. The Bertz CT molecular complexity index is 453. The first-order valence-electron chi connectivity index (χ1n) is 6.08. The molecule has 18 heavy (non-hydrogen) atoms. The molecule has 96 valence electrons. The van der Waals surface area contributed by atoms with Crippen molar-refractivity contribution in [2.75, 3.05) is 0 Å². The van der Waals surface area contributed by atoms with Crippen molar-refractivity contribution in [3.63, 3.8) is 0 Å². The number of aliphatic carboxylic acids is 1. The van der Waals surface area contributed by atoms with Crippen LogP contribution in [0.15, 0.2) is 24.3 Å². The molecule has 2 atom stereocenters. The zero-order valence-electron chi connectivity index (χ0n) is 9.93. The molecular weight excluding hydrogens is 252 g/mol. The van der Waals surface area contributed by atoms with Gasteiger partial charge in [0.2, 0.25) is 0 Å². The van der Waals surface area contributed by atoms with Crippen molar-refractivity contribution in [3.8, 4) is 0 Å². The zero-order valence-corrected chi connectivity index (χ0v) is 10.7. The molecule has 3 nitrogen and oxygen atoms in total. The number of halogens is 1. The van der Waals surface area contributed by atoms with E-state index in [9.17, 15) is 9.59 Å². The molecule has 0 saturated heterocycles. The summed E-state index contributed by atoms with van der Waals surface area (Å²) in [7, 11) is 0. The van der Waals surface area contributed by atoms with Crippen LogP contribution in [0.25, 0.3) is 0 Å². The Morgan fingerprint density at radius 1 is 1.22 bits per heavy atom. The summed E-state index contributed by atoms with van der Waals surface area (Å²) in [5, 5.41) is 9.52. The van der Waals surface area contributed by atoms with Crippen LogP contribution in [0.2, 0.25) is 5.02 Å². The van der Waals surface area contributed by atoms with Crippen LogP contribution in [-0.4, -0.2) is 16.9 Å². The van der Waals surface area contributed by atoms with Crippen molar-refractivity contribution in [3.05, 3.63) is 34.9 Å². The molecule has 1 aliphatic rings. The Morgan fingerprint density at radius 2 is 1.89 bits per heavy atom. The van der Waals surface area contributed by atoms with Crippen LogP contribution in [0, 0.1) is 11.8 Å². The summed E-state index contributed by atoms with van der Waals surface area (Å²) in [6.07, 6.45) is 2.57. The third kappa shape index (κ3) is 3.10. The first kappa shape index (κ1) is 13.1. The number of carbonyl (C=O) groups excluding carboxylic acids is 1. The molecule has 0 amide bonds. The fourth-order valence-corrected chi connectivity index (χ4v) is 2.63. The van der Waals surface area contributed by atoms with Gasteiger partial charge in [0.25, 0.3) is 0 Å². The number of hydrogen-bond donors (Lipinski definition) is 1. The molecule has 4 heteroatoms. The highest BCUT2D eigenvalue weighted by Gasteiger charge is 2.30. The second-order valence-corrected chi connectivity index (χ2v) is 5.28. The Kier molecular flexibility index (Phi) is 4.02. The Labute approximate surface area is 111 Å². The van der Waals surface area contributed by atoms with Crippen molar-refractivity contribution < 1.29 is 14.7 Å². The van der Waals surface area contributed by atoms with Crippen molar-refractivity contribution in [1.29, 1.82) is 0 Å². The highest BCUT2D eigenvalue weighted by molar-refractivity contribution is 6.30. The monoisotopic (exact) mass is 266 g/mol. The number of carboxylic acid groups (broad SMARTS) is 1. The van der Waals surface area contributed by atoms with E-state index in [1.807, 2.05) is 0 Å². The lowest BCUT2D eigenvalue weighted by atomic mass is 9.96. The summed E-state index contributed by atoms with van der Waals surface area (Å²) in [4.78, 5) is 22.8. The number of hydrogen-bond acceptors (Lipinski definition) is 2. The van der Waals surface area contributed by atoms with Crippen LogP contribution in [-0.2, 0) is 4.79 Å². The van der Waals surface area contributed by atoms with E-state index < -0.39 is 5.97 Å². The predicted octanol–water partition coefficient (Wildman–Crippen LogP) is 3.41. The Balaban J connectivity index is 1.92. The molecule has 0 spiro atoms. The van der Waals surface area contributed by atoms with Gasteiger partial charge in [-0.15, -0.1) is 0 Å². The van der Waals surface area contributed by atoms with E-state index in [0.717, 1.165) is 6.42 Å². The van der Waals surface area contributed by atoms with Gasteiger partial charge in [0.1, 0.15) is 0 Å². The van der Waals surface area contributed by atoms with Crippen LogP contribution < -0.4 is 0 Å². The third-order valence-electron chi connectivity index (χ3n) is 3.53.